The van der Waals surface area contributed by atoms with Gasteiger partial charge in [0, 0.05) is 23.7 Å². The van der Waals surface area contributed by atoms with Crippen LogP contribution < -0.4 is 5.32 Å². The minimum Gasteiger partial charge on any atom is -0.308 e. The van der Waals surface area contributed by atoms with E-state index in [0.717, 1.165) is 17.5 Å². The van der Waals surface area contributed by atoms with Crippen molar-refractivity contribution >= 4 is 11.6 Å². The minimum atomic E-state index is 0.509. The average molecular weight is 307 g/mol. The van der Waals surface area contributed by atoms with Gasteiger partial charge in [0.1, 0.15) is 0 Å². The molecule has 2 unspecified atom stereocenters. The van der Waals surface area contributed by atoms with Crippen molar-refractivity contribution in [2.24, 2.45) is 5.92 Å². The fraction of sp³-hybridized carbons (Fsp3) is 0.667. The highest BCUT2D eigenvalue weighted by atomic mass is 35.5. The van der Waals surface area contributed by atoms with Crippen molar-refractivity contribution < 1.29 is 0 Å². The number of hydrogen-bond donors (Lipinski definition) is 1. The van der Waals surface area contributed by atoms with E-state index in [1.165, 1.54) is 50.8 Å². The van der Waals surface area contributed by atoms with E-state index >= 15 is 0 Å². The van der Waals surface area contributed by atoms with E-state index in [1.54, 1.807) is 0 Å². The maximum absolute atomic E-state index is 6.01. The lowest BCUT2D eigenvalue weighted by Crippen LogP contribution is -2.44. The van der Waals surface area contributed by atoms with Crippen LogP contribution in [0.4, 0.5) is 0 Å². The van der Waals surface area contributed by atoms with Crippen LogP contribution in [0.25, 0.3) is 0 Å². The second kappa shape index (κ2) is 7.13. The fourth-order valence-electron chi connectivity index (χ4n) is 3.44. The Morgan fingerprint density at radius 1 is 1.14 bits per heavy atom. The Balaban J connectivity index is 1.56. The smallest absolute Gasteiger partial charge is 0.0406 e. The highest BCUT2D eigenvalue weighted by Crippen LogP contribution is 2.41. The minimum absolute atomic E-state index is 0.509. The first-order chi connectivity index (χ1) is 10.2. The molecule has 1 N–H and O–H groups in total. The summed E-state index contributed by atoms with van der Waals surface area (Å²) in [5.74, 6) is 0.819. The summed E-state index contributed by atoms with van der Waals surface area (Å²) >= 11 is 6.01. The van der Waals surface area contributed by atoms with Crippen LogP contribution in [0.2, 0.25) is 5.02 Å². The number of rotatable bonds is 6. The SMILES string of the molecule is CC(CNC(c1ccc(Cl)cc1)C1CC1)N1CCCCC1. The monoisotopic (exact) mass is 306 g/mol. The molecule has 2 fully saturated rings. The van der Waals surface area contributed by atoms with Crippen LogP contribution in [-0.4, -0.2) is 30.6 Å². The first-order valence-corrected chi connectivity index (χ1v) is 8.85. The normalized spacial score (nSPS) is 23.0. The van der Waals surface area contributed by atoms with Gasteiger partial charge in [0.25, 0.3) is 0 Å². The predicted octanol–water partition coefficient (Wildman–Crippen LogP) is 4.26. The van der Waals surface area contributed by atoms with Gasteiger partial charge in [0.15, 0.2) is 0 Å². The van der Waals surface area contributed by atoms with Crippen LogP contribution in [0.3, 0.4) is 0 Å². The molecule has 116 valence electrons. The number of likely N-dealkylation sites (tertiary alicyclic amines) is 1. The molecule has 1 aromatic carbocycles. The maximum atomic E-state index is 6.01. The molecule has 0 aromatic heterocycles. The van der Waals surface area contributed by atoms with Crippen molar-refractivity contribution in [1.29, 1.82) is 0 Å². The van der Waals surface area contributed by atoms with Crippen LogP contribution in [0, 0.1) is 5.92 Å². The molecule has 1 heterocycles. The third kappa shape index (κ3) is 4.21. The second-order valence-corrected chi connectivity index (χ2v) is 7.16. The van der Waals surface area contributed by atoms with Gasteiger partial charge in [-0.15, -0.1) is 0 Å². The lowest BCUT2D eigenvalue weighted by atomic mass is 10.0. The molecule has 3 rings (SSSR count). The van der Waals surface area contributed by atoms with Crippen molar-refractivity contribution in [2.75, 3.05) is 19.6 Å². The van der Waals surface area contributed by atoms with Crippen molar-refractivity contribution in [1.82, 2.24) is 10.2 Å². The van der Waals surface area contributed by atoms with Crippen molar-refractivity contribution in [3.63, 3.8) is 0 Å². The van der Waals surface area contributed by atoms with E-state index in [-0.39, 0.29) is 0 Å². The van der Waals surface area contributed by atoms with Crippen LogP contribution in [0.1, 0.15) is 50.6 Å². The largest absolute Gasteiger partial charge is 0.308 e. The second-order valence-electron chi connectivity index (χ2n) is 6.72. The molecule has 2 atom stereocenters. The van der Waals surface area contributed by atoms with Gasteiger partial charge < -0.3 is 5.32 Å². The number of piperidine rings is 1. The van der Waals surface area contributed by atoms with E-state index in [4.69, 9.17) is 11.6 Å². The molecular formula is C18H27ClN2. The highest BCUT2D eigenvalue weighted by Gasteiger charge is 2.32. The average Bonchev–Trinajstić information content (AvgIpc) is 3.35. The molecular weight excluding hydrogens is 280 g/mol. The summed E-state index contributed by atoms with van der Waals surface area (Å²) in [5.41, 5.74) is 1.40. The summed E-state index contributed by atoms with van der Waals surface area (Å²) in [6.45, 7) is 6.00. The third-order valence-corrected chi connectivity index (χ3v) is 5.22. The van der Waals surface area contributed by atoms with E-state index in [9.17, 15) is 0 Å². The van der Waals surface area contributed by atoms with Gasteiger partial charge in [-0.2, -0.15) is 0 Å². The first kappa shape index (κ1) is 15.3. The summed E-state index contributed by atoms with van der Waals surface area (Å²) < 4.78 is 0. The molecule has 2 nitrogen and oxygen atoms in total. The van der Waals surface area contributed by atoms with Gasteiger partial charge in [0.2, 0.25) is 0 Å². The summed E-state index contributed by atoms with van der Waals surface area (Å²) in [7, 11) is 0. The van der Waals surface area contributed by atoms with Gasteiger partial charge in [-0.1, -0.05) is 30.2 Å². The number of halogens is 1. The van der Waals surface area contributed by atoms with Gasteiger partial charge in [-0.3, -0.25) is 4.90 Å². The molecule has 2 aliphatic rings. The number of hydrogen-bond acceptors (Lipinski definition) is 2. The Bertz CT molecular complexity index is 435. The molecule has 0 radical (unpaired) electrons. The Kier molecular flexibility index (Phi) is 5.20. The molecule has 1 aliphatic carbocycles. The predicted molar refractivity (Wildman–Crippen MR) is 89.8 cm³/mol. The van der Waals surface area contributed by atoms with Crippen molar-refractivity contribution in [3.05, 3.63) is 34.9 Å². The van der Waals surface area contributed by atoms with E-state index in [0.29, 0.717) is 12.1 Å². The van der Waals surface area contributed by atoms with Gasteiger partial charge in [-0.25, -0.2) is 0 Å². The van der Waals surface area contributed by atoms with Gasteiger partial charge >= 0.3 is 0 Å². The molecule has 1 saturated carbocycles. The fourth-order valence-corrected chi connectivity index (χ4v) is 3.57. The highest BCUT2D eigenvalue weighted by molar-refractivity contribution is 6.30. The van der Waals surface area contributed by atoms with E-state index in [1.807, 2.05) is 12.1 Å². The number of nitrogens with zero attached hydrogens (tertiary/aromatic N) is 1. The summed E-state index contributed by atoms with van der Waals surface area (Å²) in [6, 6.07) is 9.55. The Morgan fingerprint density at radius 3 is 2.43 bits per heavy atom. The number of benzene rings is 1. The van der Waals surface area contributed by atoms with Crippen molar-refractivity contribution in [3.8, 4) is 0 Å². The zero-order chi connectivity index (χ0) is 14.7. The maximum Gasteiger partial charge on any atom is 0.0406 e. The van der Waals surface area contributed by atoms with Crippen LogP contribution in [-0.2, 0) is 0 Å². The Hall–Kier alpha value is -0.570. The van der Waals surface area contributed by atoms with E-state index in [2.05, 4.69) is 29.3 Å². The third-order valence-electron chi connectivity index (χ3n) is 4.97. The zero-order valence-electron chi connectivity index (χ0n) is 13.0. The van der Waals surface area contributed by atoms with Gasteiger partial charge in [-0.05, 0) is 69.3 Å². The molecule has 1 aromatic rings. The molecule has 0 spiro atoms. The molecule has 1 saturated heterocycles. The lowest BCUT2D eigenvalue weighted by Gasteiger charge is -2.33. The molecule has 0 amide bonds. The Labute approximate surface area is 133 Å². The molecule has 21 heavy (non-hydrogen) atoms. The standard InChI is InChI=1S/C18H27ClN2/c1-14(21-11-3-2-4-12-21)13-20-18(15-5-6-15)16-7-9-17(19)10-8-16/h7-10,14-15,18,20H,2-6,11-13H2,1H3. The molecule has 0 bridgehead atoms. The summed E-state index contributed by atoms with van der Waals surface area (Å²) in [6.07, 6.45) is 6.87. The first-order valence-electron chi connectivity index (χ1n) is 8.47. The van der Waals surface area contributed by atoms with Gasteiger partial charge in [0.05, 0.1) is 0 Å². The topological polar surface area (TPSA) is 15.3 Å². The quantitative estimate of drug-likeness (QED) is 0.845. The molecule has 3 heteroatoms. The van der Waals surface area contributed by atoms with Crippen LogP contribution >= 0.6 is 11.6 Å². The van der Waals surface area contributed by atoms with Crippen LogP contribution in [0.15, 0.2) is 24.3 Å². The van der Waals surface area contributed by atoms with Crippen molar-refractivity contribution in [2.45, 2.75) is 51.1 Å². The lowest BCUT2D eigenvalue weighted by molar-refractivity contribution is 0.167. The molecule has 1 aliphatic heterocycles. The van der Waals surface area contributed by atoms with Crippen LogP contribution in [0.5, 0.6) is 0 Å². The number of nitrogens with one attached hydrogen (secondary N) is 1. The van der Waals surface area contributed by atoms with E-state index < -0.39 is 0 Å². The Morgan fingerprint density at radius 2 is 1.81 bits per heavy atom. The zero-order valence-corrected chi connectivity index (χ0v) is 13.8. The summed E-state index contributed by atoms with van der Waals surface area (Å²) in [4.78, 5) is 2.64. The summed E-state index contributed by atoms with van der Waals surface area (Å²) in [5, 5.41) is 4.66.